The number of carbonyl (C=O) groups is 2. The van der Waals surface area contributed by atoms with E-state index in [9.17, 15) is 9.59 Å². The molecule has 1 aliphatic rings. The summed E-state index contributed by atoms with van der Waals surface area (Å²) in [4.78, 5) is 31.1. The summed E-state index contributed by atoms with van der Waals surface area (Å²) < 4.78 is 5.76. The second-order valence-electron chi connectivity index (χ2n) is 8.37. The van der Waals surface area contributed by atoms with Gasteiger partial charge in [0.1, 0.15) is 11.4 Å². The molecule has 3 aromatic carbocycles. The molecule has 5 heteroatoms. The van der Waals surface area contributed by atoms with E-state index in [2.05, 4.69) is 0 Å². The van der Waals surface area contributed by atoms with Crippen LogP contribution >= 0.6 is 0 Å². The van der Waals surface area contributed by atoms with Crippen LogP contribution in [0.1, 0.15) is 36.1 Å². The summed E-state index contributed by atoms with van der Waals surface area (Å²) in [6, 6.07) is 23.1. The Labute approximate surface area is 201 Å². The monoisotopic (exact) mass is 454 g/mol. The summed E-state index contributed by atoms with van der Waals surface area (Å²) >= 11 is 0. The summed E-state index contributed by atoms with van der Waals surface area (Å²) in [6.07, 6.45) is 0. The van der Waals surface area contributed by atoms with E-state index in [0.717, 1.165) is 22.3 Å². The van der Waals surface area contributed by atoms with Crippen molar-refractivity contribution in [2.24, 2.45) is 0 Å². The van der Waals surface area contributed by atoms with E-state index in [0.29, 0.717) is 42.4 Å². The van der Waals surface area contributed by atoms with Crippen LogP contribution in [0.15, 0.2) is 78.5 Å². The van der Waals surface area contributed by atoms with Gasteiger partial charge in [0.25, 0.3) is 11.8 Å². The molecule has 4 rings (SSSR count). The van der Waals surface area contributed by atoms with E-state index in [4.69, 9.17) is 4.74 Å². The Bertz CT molecular complexity index is 1250. The van der Waals surface area contributed by atoms with Gasteiger partial charge in [0.05, 0.1) is 17.9 Å². The Balaban J connectivity index is 1.87. The molecule has 0 aliphatic carbocycles. The molecule has 0 N–H and O–H groups in total. The molecular formula is C29H30N2O3. The van der Waals surface area contributed by atoms with Crippen molar-refractivity contribution in [3.8, 4) is 5.75 Å². The Kier molecular flexibility index (Phi) is 6.82. The first-order valence-electron chi connectivity index (χ1n) is 11.7. The number of rotatable bonds is 8. The average Bonchev–Trinajstić information content (AvgIpc) is 3.10. The molecule has 5 nitrogen and oxygen atoms in total. The molecule has 0 radical (unpaired) electrons. The number of aryl methyl sites for hydroxylation is 2. The van der Waals surface area contributed by atoms with Crippen molar-refractivity contribution >= 4 is 23.1 Å². The smallest absolute Gasteiger partial charge is 0.282 e. The standard InChI is InChI=1S/C29H30N2O3/c1-5-30(19-22-12-8-7-9-13-22)27-26(23-17-16-20(3)21(4)18-23)28(32)31(29(27)33)24-14-10-11-15-25(24)34-6-2/h7-18H,5-6,19H2,1-4H3. The van der Waals surface area contributed by atoms with Gasteiger partial charge in [-0.25, -0.2) is 4.90 Å². The molecule has 0 bridgehead atoms. The zero-order chi connectivity index (χ0) is 24.2. The van der Waals surface area contributed by atoms with Crippen molar-refractivity contribution in [1.82, 2.24) is 4.90 Å². The van der Waals surface area contributed by atoms with E-state index in [-0.39, 0.29) is 11.8 Å². The molecule has 0 unspecified atom stereocenters. The molecule has 174 valence electrons. The van der Waals surface area contributed by atoms with E-state index in [1.165, 1.54) is 4.90 Å². The second kappa shape index (κ2) is 9.96. The minimum atomic E-state index is -0.332. The second-order valence-corrected chi connectivity index (χ2v) is 8.37. The molecule has 0 atom stereocenters. The van der Waals surface area contributed by atoms with Crippen molar-refractivity contribution < 1.29 is 14.3 Å². The largest absolute Gasteiger partial charge is 0.492 e. The maximum Gasteiger partial charge on any atom is 0.282 e. The normalized spacial score (nSPS) is 13.6. The number of amides is 2. The lowest BCUT2D eigenvalue weighted by Crippen LogP contribution is -2.35. The van der Waals surface area contributed by atoms with Gasteiger partial charge in [0, 0.05) is 13.1 Å². The first-order valence-corrected chi connectivity index (χ1v) is 11.7. The number of nitrogens with zero attached hydrogens (tertiary/aromatic N) is 2. The molecule has 3 aromatic rings. The van der Waals surface area contributed by atoms with Crippen LogP contribution in [0.4, 0.5) is 5.69 Å². The Morgan fingerprint density at radius 1 is 0.824 bits per heavy atom. The third-order valence-electron chi connectivity index (χ3n) is 6.18. The van der Waals surface area contributed by atoms with Gasteiger partial charge in [-0.3, -0.25) is 9.59 Å². The Morgan fingerprint density at radius 2 is 1.53 bits per heavy atom. The molecule has 0 saturated carbocycles. The maximum atomic E-state index is 13.9. The maximum absolute atomic E-state index is 13.9. The third-order valence-corrected chi connectivity index (χ3v) is 6.18. The number of benzene rings is 3. The van der Waals surface area contributed by atoms with Gasteiger partial charge in [-0.05, 0) is 62.1 Å². The third kappa shape index (κ3) is 4.34. The molecule has 1 heterocycles. The molecule has 0 spiro atoms. The lowest BCUT2D eigenvalue weighted by Gasteiger charge is -2.25. The van der Waals surface area contributed by atoms with Crippen molar-refractivity contribution in [1.29, 1.82) is 0 Å². The molecular weight excluding hydrogens is 424 g/mol. The zero-order valence-corrected chi connectivity index (χ0v) is 20.2. The number of hydrogen-bond acceptors (Lipinski definition) is 4. The number of ether oxygens (including phenoxy) is 1. The highest BCUT2D eigenvalue weighted by Crippen LogP contribution is 2.39. The summed E-state index contributed by atoms with van der Waals surface area (Å²) in [6.45, 7) is 9.49. The topological polar surface area (TPSA) is 49.9 Å². The van der Waals surface area contributed by atoms with Crippen molar-refractivity contribution in [2.45, 2.75) is 34.2 Å². The van der Waals surface area contributed by atoms with Crippen LogP contribution in [0.5, 0.6) is 5.75 Å². The number of imide groups is 1. The fraction of sp³-hybridized carbons (Fsp3) is 0.241. The van der Waals surface area contributed by atoms with E-state index >= 15 is 0 Å². The van der Waals surface area contributed by atoms with Gasteiger partial charge in [-0.2, -0.15) is 0 Å². The van der Waals surface area contributed by atoms with Crippen LogP contribution in [0.3, 0.4) is 0 Å². The van der Waals surface area contributed by atoms with Crippen LogP contribution in [-0.4, -0.2) is 29.9 Å². The lowest BCUT2D eigenvalue weighted by molar-refractivity contribution is -0.120. The van der Waals surface area contributed by atoms with Crippen LogP contribution < -0.4 is 9.64 Å². The van der Waals surface area contributed by atoms with E-state index in [1.807, 2.05) is 93.3 Å². The van der Waals surface area contributed by atoms with Crippen molar-refractivity contribution in [3.63, 3.8) is 0 Å². The Morgan fingerprint density at radius 3 is 2.21 bits per heavy atom. The van der Waals surface area contributed by atoms with Crippen molar-refractivity contribution in [2.75, 3.05) is 18.1 Å². The summed E-state index contributed by atoms with van der Waals surface area (Å²) in [5, 5.41) is 0. The number of carbonyl (C=O) groups excluding carboxylic acids is 2. The molecule has 0 fully saturated rings. The SMILES string of the molecule is CCOc1ccccc1N1C(=O)C(c2ccc(C)c(C)c2)=C(N(CC)Cc2ccccc2)C1=O. The fourth-order valence-corrected chi connectivity index (χ4v) is 4.26. The van der Waals surface area contributed by atoms with Crippen molar-refractivity contribution in [3.05, 3.63) is 101 Å². The zero-order valence-electron chi connectivity index (χ0n) is 20.2. The van der Waals surface area contributed by atoms with Crippen LogP contribution in [0.25, 0.3) is 5.57 Å². The predicted octanol–water partition coefficient (Wildman–Crippen LogP) is 5.51. The van der Waals surface area contributed by atoms with Gasteiger partial charge < -0.3 is 9.64 Å². The fourth-order valence-electron chi connectivity index (χ4n) is 4.26. The summed E-state index contributed by atoms with van der Waals surface area (Å²) in [5.74, 6) is -0.149. The number of anilines is 1. The summed E-state index contributed by atoms with van der Waals surface area (Å²) in [7, 11) is 0. The molecule has 1 aliphatic heterocycles. The molecule has 2 amide bonds. The van der Waals surface area contributed by atoms with Gasteiger partial charge >= 0.3 is 0 Å². The molecule has 0 saturated heterocycles. The minimum absolute atomic E-state index is 0.330. The number of likely N-dealkylation sites (N-methyl/N-ethyl adjacent to an activating group) is 1. The average molecular weight is 455 g/mol. The Hall–Kier alpha value is -3.86. The van der Waals surface area contributed by atoms with Gasteiger partial charge in [-0.15, -0.1) is 0 Å². The number of para-hydroxylation sites is 2. The summed E-state index contributed by atoms with van der Waals surface area (Å²) in [5.41, 5.74) is 5.35. The van der Waals surface area contributed by atoms with Gasteiger partial charge in [0.2, 0.25) is 0 Å². The highest BCUT2D eigenvalue weighted by molar-refractivity contribution is 6.45. The van der Waals surface area contributed by atoms with E-state index < -0.39 is 0 Å². The quantitative estimate of drug-likeness (QED) is 0.421. The highest BCUT2D eigenvalue weighted by Gasteiger charge is 2.43. The molecule has 34 heavy (non-hydrogen) atoms. The van der Waals surface area contributed by atoms with Gasteiger partial charge in [-0.1, -0.05) is 60.7 Å². The highest BCUT2D eigenvalue weighted by atomic mass is 16.5. The first-order chi connectivity index (χ1) is 16.5. The first kappa shape index (κ1) is 23.3. The number of hydrogen-bond donors (Lipinski definition) is 0. The van der Waals surface area contributed by atoms with Gasteiger partial charge in [0.15, 0.2) is 0 Å². The minimum Gasteiger partial charge on any atom is -0.492 e. The van der Waals surface area contributed by atoms with E-state index in [1.54, 1.807) is 12.1 Å². The van der Waals surface area contributed by atoms with Crippen LogP contribution in [0.2, 0.25) is 0 Å². The lowest BCUT2D eigenvalue weighted by atomic mass is 9.99. The van der Waals surface area contributed by atoms with Crippen LogP contribution in [-0.2, 0) is 16.1 Å². The predicted molar refractivity (Wildman–Crippen MR) is 135 cm³/mol. The molecule has 0 aromatic heterocycles. The van der Waals surface area contributed by atoms with Crippen LogP contribution in [0, 0.1) is 13.8 Å².